The molecule has 17 heavy (non-hydrogen) atoms. The van der Waals surface area contributed by atoms with Crippen LogP contribution >= 0.6 is 27.5 Å². The predicted octanol–water partition coefficient (Wildman–Crippen LogP) is 5.26. The van der Waals surface area contributed by atoms with Crippen LogP contribution in [-0.2, 0) is 0 Å². The van der Waals surface area contributed by atoms with E-state index in [4.69, 9.17) is 16.3 Å². The molecule has 0 heterocycles. The van der Waals surface area contributed by atoms with Gasteiger partial charge in [-0.25, -0.2) is 0 Å². The third kappa shape index (κ3) is 5.78. The van der Waals surface area contributed by atoms with Crippen molar-refractivity contribution >= 4 is 27.5 Å². The Kier molecular flexibility index (Phi) is 5.81. The van der Waals surface area contributed by atoms with Gasteiger partial charge in [-0.05, 0) is 36.5 Å². The van der Waals surface area contributed by atoms with Gasteiger partial charge in [0.15, 0.2) is 0 Å². The summed E-state index contributed by atoms with van der Waals surface area (Å²) in [5.74, 6) is 0.904. The lowest BCUT2D eigenvalue weighted by Crippen LogP contribution is -2.21. The molecule has 1 unspecified atom stereocenters. The van der Waals surface area contributed by atoms with Gasteiger partial charge in [0, 0.05) is 9.85 Å². The molecular weight excluding hydrogens is 300 g/mol. The minimum atomic E-state index is 0.164. The van der Waals surface area contributed by atoms with Crippen LogP contribution < -0.4 is 4.74 Å². The SMILES string of the molecule is CC(C)(C)C(Cl)CCCOc1cccc(Br)c1. The van der Waals surface area contributed by atoms with Crippen LogP contribution in [0.3, 0.4) is 0 Å². The van der Waals surface area contributed by atoms with Crippen molar-refractivity contribution in [2.24, 2.45) is 5.41 Å². The van der Waals surface area contributed by atoms with E-state index in [-0.39, 0.29) is 10.8 Å². The van der Waals surface area contributed by atoms with E-state index in [1.54, 1.807) is 0 Å². The van der Waals surface area contributed by atoms with Gasteiger partial charge >= 0.3 is 0 Å². The molecule has 0 N–H and O–H groups in total. The molecule has 0 spiro atoms. The van der Waals surface area contributed by atoms with Gasteiger partial charge < -0.3 is 4.74 Å². The molecule has 1 nitrogen and oxygen atoms in total. The molecule has 0 bridgehead atoms. The van der Waals surface area contributed by atoms with Crippen molar-refractivity contribution in [2.45, 2.75) is 39.0 Å². The molecule has 1 aromatic carbocycles. The van der Waals surface area contributed by atoms with Crippen molar-refractivity contribution in [2.75, 3.05) is 6.61 Å². The van der Waals surface area contributed by atoms with E-state index in [2.05, 4.69) is 36.7 Å². The molecule has 1 atom stereocenters. The van der Waals surface area contributed by atoms with Crippen LogP contribution in [0.2, 0.25) is 0 Å². The summed E-state index contributed by atoms with van der Waals surface area (Å²) < 4.78 is 6.70. The molecule has 1 rings (SSSR count). The second-order valence-electron chi connectivity index (χ2n) is 5.28. The fourth-order valence-electron chi connectivity index (χ4n) is 1.44. The number of ether oxygens (including phenoxy) is 1. The second-order valence-corrected chi connectivity index (χ2v) is 6.72. The maximum absolute atomic E-state index is 6.30. The Hall–Kier alpha value is -0.210. The molecule has 0 fully saturated rings. The third-order valence-electron chi connectivity index (χ3n) is 2.61. The van der Waals surface area contributed by atoms with Crippen LogP contribution in [0.25, 0.3) is 0 Å². The molecule has 0 aliphatic rings. The fourth-order valence-corrected chi connectivity index (χ4v) is 1.97. The maximum Gasteiger partial charge on any atom is 0.120 e. The minimum absolute atomic E-state index is 0.164. The lowest BCUT2D eigenvalue weighted by atomic mass is 9.89. The molecule has 96 valence electrons. The van der Waals surface area contributed by atoms with E-state index < -0.39 is 0 Å². The molecule has 0 saturated carbocycles. The van der Waals surface area contributed by atoms with Crippen LogP contribution in [0.1, 0.15) is 33.6 Å². The van der Waals surface area contributed by atoms with E-state index >= 15 is 0 Å². The van der Waals surface area contributed by atoms with Gasteiger partial charge in [-0.1, -0.05) is 42.8 Å². The van der Waals surface area contributed by atoms with Crippen molar-refractivity contribution in [3.63, 3.8) is 0 Å². The Morgan fingerprint density at radius 3 is 2.65 bits per heavy atom. The van der Waals surface area contributed by atoms with Gasteiger partial charge in [0.05, 0.1) is 6.61 Å². The normalized spacial score (nSPS) is 13.5. The second kappa shape index (κ2) is 6.65. The summed E-state index contributed by atoms with van der Waals surface area (Å²) in [4.78, 5) is 0. The molecule has 0 aliphatic heterocycles. The zero-order valence-corrected chi connectivity index (χ0v) is 13.0. The van der Waals surface area contributed by atoms with Gasteiger partial charge in [-0.3, -0.25) is 0 Å². The standard InChI is InChI=1S/C14H20BrClO/c1-14(2,3)13(16)8-5-9-17-12-7-4-6-11(15)10-12/h4,6-7,10,13H,5,8-9H2,1-3H3. The summed E-state index contributed by atoms with van der Waals surface area (Å²) in [6.45, 7) is 7.22. The fraction of sp³-hybridized carbons (Fsp3) is 0.571. The molecule has 0 aromatic heterocycles. The summed E-state index contributed by atoms with van der Waals surface area (Å²) in [5.41, 5.74) is 0.164. The van der Waals surface area contributed by atoms with Gasteiger partial charge in [0.1, 0.15) is 5.75 Å². The molecule has 0 saturated heterocycles. The van der Waals surface area contributed by atoms with Crippen LogP contribution in [0.5, 0.6) is 5.75 Å². The van der Waals surface area contributed by atoms with Crippen LogP contribution in [0.15, 0.2) is 28.7 Å². The summed E-state index contributed by atoms with van der Waals surface area (Å²) >= 11 is 9.72. The minimum Gasteiger partial charge on any atom is -0.494 e. The Bertz CT molecular complexity index is 346. The summed E-state index contributed by atoms with van der Waals surface area (Å²) in [5, 5.41) is 0.202. The third-order valence-corrected chi connectivity index (χ3v) is 3.97. The highest BCUT2D eigenvalue weighted by Gasteiger charge is 2.21. The topological polar surface area (TPSA) is 9.23 Å². The zero-order valence-electron chi connectivity index (χ0n) is 10.7. The number of alkyl halides is 1. The summed E-state index contributed by atoms with van der Waals surface area (Å²) in [6, 6.07) is 7.90. The van der Waals surface area contributed by atoms with Gasteiger partial charge in [0.25, 0.3) is 0 Å². The molecular formula is C14H20BrClO. The highest BCUT2D eigenvalue weighted by atomic mass is 79.9. The highest BCUT2D eigenvalue weighted by molar-refractivity contribution is 9.10. The van der Waals surface area contributed by atoms with Gasteiger partial charge in [0.2, 0.25) is 0 Å². The average Bonchev–Trinajstić information content (AvgIpc) is 2.23. The first-order valence-electron chi connectivity index (χ1n) is 5.92. The zero-order chi connectivity index (χ0) is 12.9. The average molecular weight is 320 g/mol. The van der Waals surface area contributed by atoms with Crippen molar-refractivity contribution < 1.29 is 4.74 Å². The van der Waals surface area contributed by atoms with Crippen molar-refractivity contribution in [1.82, 2.24) is 0 Å². The molecule has 0 radical (unpaired) electrons. The number of hydrogen-bond acceptors (Lipinski definition) is 1. The van der Waals surface area contributed by atoms with Crippen LogP contribution in [0, 0.1) is 5.41 Å². The summed E-state index contributed by atoms with van der Waals surface area (Å²) in [6.07, 6.45) is 1.97. The van der Waals surface area contributed by atoms with Crippen LogP contribution in [-0.4, -0.2) is 12.0 Å². The lowest BCUT2D eigenvalue weighted by Gasteiger charge is -2.24. The van der Waals surface area contributed by atoms with Crippen molar-refractivity contribution in [3.05, 3.63) is 28.7 Å². The Balaban J connectivity index is 2.25. The summed E-state index contributed by atoms with van der Waals surface area (Å²) in [7, 11) is 0. The quantitative estimate of drug-likeness (QED) is 0.531. The van der Waals surface area contributed by atoms with E-state index in [1.165, 1.54) is 0 Å². The molecule has 3 heteroatoms. The Morgan fingerprint density at radius 1 is 1.35 bits per heavy atom. The first-order chi connectivity index (χ1) is 7.89. The number of hydrogen-bond donors (Lipinski definition) is 0. The van der Waals surface area contributed by atoms with E-state index in [9.17, 15) is 0 Å². The molecule has 1 aromatic rings. The Morgan fingerprint density at radius 2 is 2.06 bits per heavy atom. The Labute approximate surface area is 118 Å². The lowest BCUT2D eigenvalue weighted by molar-refractivity contribution is 0.288. The van der Waals surface area contributed by atoms with Gasteiger partial charge in [-0.15, -0.1) is 11.6 Å². The van der Waals surface area contributed by atoms with Crippen molar-refractivity contribution in [1.29, 1.82) is 0 Å². The monoisotopic (exact) mass is 318 g/mol. The number of benzene rings is 1. The first kappa shape index (κ1) is 14.8. The van der Waals surface area contributed by atoms with Crippen molar-refractivity contribution in [3.8, 4) is 5.75 Å². The van der Waals surface area contributed by atoms with Crippen LogP contribution in [0.4, 0.5) is 0 Å². The smallest absolute Gasteiger partial charge is 0.120 e. The maximum atomic E-state index is 6.30. The highest BCUT2D eigenvalue weighted by Crippen LogP contribution is 2.28. The van der Waals surface area contributed by atoms with E-state index in [0.29, 0.717) is 0 Å². The molecule has 0 aliphatic carbocycles. The predicted molar refractivity (Wildman–Crippen MR) is 78.0 cm³/mol. The van der Waals surface area contributed by atoms with E-state index in [0.717, 1.165) is 29.7 Å². The first-order valence-corrected chi connectivity index (χ1v) is 7.15. The van der Waals surface area contributed by atoms with Gasteiger partial charge in [-0.2, -0.15) is 0 Å². The van der Waals surface area contributed by atoms with E-state index in [1.807, 2.05) is 24.3 Å². The largest absolute Gasteiger partial charge is 0.494 e. The molecule has 0 amide bonds. The number of rotatable bonds is 5. The number of halogens is 2.